The summed E-state index contributed by atoms with van der Waals surface area (Å²) in [4.78, 5) is 0. The maximum Gasteiger partial charge on any atom is 0.0358 e. The fourth-order valence-corrected chi connectivity index (χ4v) is 4.93. The van der Waals surface area contributed by atoms with Crippen LogP contribution in [0.1, 0.15) is 50.8 Å². The minimum absolute atomic E-state index is 0.256. The Morgan fingerprint density at radius 3 is 2.06 bits per heavy atom. The molecule has 0 aromatic heterocycles. The van der Waals surface area contributed by atoms with E-state index in [1.165, 1.54) is 32.1 Å². The Morgan fingerprint density at radius 1 is 1.00 bits per heavy atom. The molecule has 0 bridgehead atoms. The van der Waals surface area contributed by atoms with E-state index in [0.717, 1.165) is 0 Å². The van der Waals surface area contributed by atoms with Crippen LogP contribution in [-0.2, 0) is 10.8 Å². The normalized spacial score (nSPS) is 20.9. The van der Waals surface area contributed by atoms with Gasteiger partial charge in [-0.15, -0.1) is 0 Å². The summed E-state index contributed by atoms with van der Waals surface area (Å²) in [6, 6.07) is 2.23. The van der Waals surface area contributed by atoms with Crippen LogP contribution in [0.4, 0.5) is 0 Å². The van der Waals surface area contributed by atoms with Gasteiger partial charge in [0.1, 0.15) is 0 Å². The average molecular weight is 346 g/mol. The number of fused-ring (bicyclic) bond motifs is 1. The molecule has 1 aliphatic carbocycles. The molecule has 0 aliphatic heterocycles. The molecule has 0 spiro atoms. The van der Waals surface area contributed by atoms with Gasteiger partial charge >= 0.3 is 0 Å². The van der Waals surface area contributed by atoms with Crippen LogP contribution in [0.3, 0.4) is 0 Å². The number of halogens is 2. The second kappa shape index (κ2) is 3.58. The van der Waals surface area contributed by atoms with Crippen LogP contribution in [0.25, 0.3) is 0 Å². The summed E-state index contributed by atoms with van der Waals surface area (Å²) in [5.74, 6) is 0. The van der Waals surface area contributed by atoms with E-state index in [-0.39, 0.29) is 10.8 Å². The van der Waals surface area contributed by atoms with Crippen molar-refractivity contribution < 1.29 is 0 Å². The van der Waals surface area contributed by atoms with E-state index in [9.17, 15) is 0 Å². The zero-order valence-corrected chi connectivity index (χ0v) is 13.7. The molecule has 1 aliphatic rings. The van der Waals surface area contributed by atoms with Crippen molar-refractivity contribution in [3.8, 4) is 0 Å². The van der Waals surface area contributed by atoms with Crippen LogP contribution in [0.5, 0.6) is 0 Å². The zero-order valence-electron chi connectivity index (χ0n) is 10.5. The second-order valence-corrected chi connectivity index (χ2v) is 7.83. The monoisotopic (exact) mass is 344 g/mol. The summed E-state index contributed by atoms with van der Waals surface area (Å²) in [5, 5.41) is 0. The van der Waals surface area contributed by atoms with Crippen molar-refractivity contribution in [3.05, 3.63) is 31.7 Å². The molecule has 88 valence electrons. The van der Waals surface area contributed by atoms with Crippen molar-refractivity contribution in [2.75, 3.05) is 0 Å². The summed E-state index contributed by atoms with van der Waals surface area (Å²) in [6.07, 6.45) is 1.21. The minimum Gasteiger partial charge on any atom is -0.0558 e. The first-order chi connectivity index (χ1) is 7.17. The van der Waals surface area contributed by atoms with E-state index in [1.54, 1.807) is 0 Å². The fraction of sp³-hybridized carbons (Fsp3) is 0.571. The average Bonchev–Trinajstić information content (AvgIpc) is 2.27. The van der Waals surface area contributed by atoms with Crippen LogP contribution in [0, 0.1) is 6.92 Å². The smallest absolute Gasteiger partial charge is 0.0358 e. The van der Waals surface area contributed by atoms with Gasteiger partial charge in [-0.05, 0) is 78.8 Å². The third-order valence-corrected chi connectivity index (χ3v) is 5.64. The van der Waals surface area contributed by atoms with Crippen molar-refractivity contribution in [2.45, 2.75) is 51.9 Å². The number of benzene rings is 1. The quantitative estimate of drug-likeness (QED) is 0.584. The SMILES string of the molecule is Cc1cc(Br)c(Br)c2c1C(C)(C)CC2(C)C. The van der Waals surface area contributed by atoms with Crippen LogP contribution >= 0.6 is 31.9 Å². The van der Waals surface area contributed by atoms with Crippen molar-refractivity contribution in [1.29, 1.82) is 0 Å². The maximum absolute atomic E-state index is 3.75. The predicted molar refractivity (Wildman–Crippen MR) is 77.2 cm³/mol. The number of hydrogen-bond donors (Lipinski definition) is 0. The number of hydrogen-bond acceptors (Lipinski definition) is 0. The summed E-state index contributed by atoms with van der Waals surface area (Å²) in [6.45, 7) is 11.6. The molecular formula is C14H18Br2. The molecular weight excluding hydrogens is 328 g/mol. The lowest BCUT2D eigenvalue weighted by atomic mass is 9.81. The summed E-state index contributed by atoms with van der Waals surface area (Å²) < 4.78 is 2.42. The lowest BCUT2D eigenvalue weighted by molar-refractivity contribution is 0.402. The third kappa shape index (κ3) is 1.69. The first kappa shape index (κ1) is 12.6. The van der Waals surface area contributed by atoms with Gasteiger partial charge in [-0.1, -0.05) is 27.7 Å². The van der Waals surface area contributed by atoms with Gasteiger partial charge in [0.05, 0.1) is 0 Å². The van der Waals surface area contributed by atoms with Gasteiger partial charge in [-0.25, -0.2) is 0 Å². The molecule has 0 nitrogen and oxygen atoms in total. The largest absolute Gasteiger partial charge is 0.0558 e. The number of aryl methyl sites for hydroxylation is 1. The standard InChI is InChI=1S/C14H18Br2/c1-8-6-9(15)12(16)11-10(8)13(2,3)7-14(11,4)5/h6H,7H2,1-5H3. The molecule has 0 atom stereocenters. The van der Waals surface area contributed by atoms with Crippen LogP contribution < -0.4 is 0 Å². The van der Waals surface area contributed by atoms with Gasteiger partial charge < -0.3 is 0 Å². The summed E-state index contributed by atoms with van der Waals surface area (Å²) in [7, 11) is 0. The molecule has 2 heteroatoms. The Morgan fingerprint density at radius 2 is 1.50 bits per heavy atom. The van der Waals surface area contributed by atoms with Gasteiger partial charge in [0, 0.05) is 8.95 Å². The first-order valence-corrected chi connectivity index (χ1v) is 7.25. The topological polar surface area (TPSA) is 0 Å². The summed E-state index contributed by atoms with van der Waals surface area (Å²) in [5.41, 5.74) is 4.97. The van der Waals surface area contributed by atoms with E-state index in [0.29, 0.717) is 0 Å². The highest BCUT2D eigenvalue weighted by Gasteiger charge is 2.44. The van der Waals surface area contributed by atoms with Crippen molar-refractivity contribution in [3.63, 3.8) is 0 Å². The Labute approximate surface area is 115 Å². The van der Waals surface area contributed by atoms with E-state index < -0.39 is 0 Å². The number of rotatable bonds is 0. The first-order valence-electron chi connectivity index (χ1n) is 5.66. The lowest BCUT2D eigenvalue weighted by Gasteiger charge is -2.23. The second-order valence-electron chi connectivity index (χ2n) is 6.18. The molecule has 0 N–H and O–H groups in total. The Hall–Kier alpha value is 0.180. The molecule has 0 saturated heterocycles. The molecule has 1 aromatic carbocycles. The van der Waals surface area contributed by atoms with Crippen LogP contribution in [0.2, 0.25) is 0 Å². The lowest BCUT2D eigenvalue weighted by Crippen LogP contribution is -2.18. The fourth-order valence-electron chi connectivity index (χ4n) is 3.54. The highest BCUT2D eigenvalue weighted by atomic mass is 79.9. The van der Waals surface area contributed by atoms with Gasteiger partial charge in [0.25, 0.3) is 0 Å². The maximum atomic E-state index is 3.75. The highest BCUT2D eigenvalue weighted by molar-refractivity contribution is 9.13. The van der Waals surface area contributed by atoms with Crippen LogP contribution in [-0.4, -0.2) is 0 Å². The highest BCUT2D eigenvalue weighted by Crippen LogP contribution is 2.54. The van der Waals surface area contributed by atoms with Crippen LogP contribution in [0.15, 0.2) is 15.0 Å². The molecule has 0 heterocycles. The zero-order chi connectivity index (χ0) is 12.3. The third-order valence-electron chi connectivity index (χ3n) is 3.65. The Bertz CT molecular complexity index is 456. The van der Waals surface area contributed by atoms with E-state index in [1.807, 2.05) is 0 Å². The Kier molecular flexibility index (Phi) is 2.83. The molecule has 0 unspecified atom stereocenters. The predicted octanol–water partition coefficient (Wildman–Crippen LogP) is 5.48. The van der Waals surface area contributed by atoms with Crippen molar-refractivity contribution in [1.82, 2.24) is 0 Å². The van der Waals surface area contributed by atoms with Crippen molar-refractivity contribution in [2.24, 2.45) is 0 Å². The molecule has 0 radical (unpaired) electrons. The minimum atomic E-state index is 0.256. The molecule has 2 rings (SSSR count). The van der Waals surface area contributed by atoms with E-state index in [4.69, 9.17) is 0 Å². The molecule has 16 heavy (non-hydrogen) atoms. The summed E-state index contributed by atoms with van der Waals surface area (Å²) >= 11 is 7.39. The molecule has 0 saturated carbocycles. The molecule has 1 aromatic rings. The van der Waals surface area contributed by atoms with Crippen molar-refractivity contribution >= 4 is 31.9 Å². The van der Waals surface area contributed by atoms with Gasteiger partial charge in [-0.2, -0.15) is 0 Å². The van der Waals surface area contributed by atoms with Gasteiger partial charge in [0.15, 0.2) is 0 Å². The van der Waals surface area contributed by atoms with E-state index in [2.05, 4.69) is 72.5 Å². The molecule has 0 fully saturated rings. The van der Waals surface area contributed by atoms with Gasteiger partial charge in [0.2, 0.25) is 0 Å². The Balaban J connectivity index is 2.85. The van der Waals surface area contributed by atoms with E-state index >= 15 is 0 Å². The van der Waals surface area contributed by atoms with Gasteiger partial charge in [-0.3, -0.25) is 0 Å². The molecule has 0 amide bonds.